The molecule has 0 aromatic rings. The Bertz CT molecular complexity index is 172. The third kappa shape index (κ3) is 3.74. The summed E-state index contributed by atoms with van der Waals surface area (Å²) >= 11 is 0. The number of nitrogens with one attached hydrogen (secondary N) is 1. The Hall–Kier alpha value is -0.120. The van der Waals surface area contributed by atoms with Gasteiger partial charge in [-0.2, -0.15) is 5.12 Å². The van der Waals surface area contributed by atoms with Gasteiger partial charge in [-0.15, -0.1) is 0 Å². The molecule has 0 amide bonds. The van der Waals surface area contributed by atoms with Crippen LogP contribution in [0.4, 0.5) is 0 Å². The fraction of sp³-hybridized carbons (Fsp3) is 1.00. The van der Waals surface area contributed by atoms with Crippen molar-refractivity contribution in [2.45, 2.75) is 65.0 Å². The molecule has 1 saturated heterocycles. The van der Waals surface area contributed by atoms with Crippen LogP contribution in [0.5, 0.6) is 0 Å². The Morgan fingerprint density at radius 1 is 1.07 bits per heavy atom. The average molecular weight is 213 g/mol. The third-order valence-electron chi connectivity index (χ3n) is 3.52. The van der Waals surface area contributed by atoms with Gasteiger partial charge in [-0.3, -0.25) is 0 Å². The molecule has 3 heteroatoms. The van der Waals surface area contributed by atoms with Gasteiger partial charge in [-0.1, -0.05) is 32.6 Å². The van der Waals surface area contributed by atoms with Crippen LogP contribution in [0.2, 0.25) is 0 Å². The minimum absolute atomic E-state index is 0.575. The van der Waals surface area contributed by atoms with Crippen LogP contribution >= 0.6 is 0 Å². The maximum absolute atomic E-state index is 3.50. The van der Waals surface area contributed by atoms with Gasteiger partial charge in [0.25, 0.3) is 0 Å². The van der Waals surface area contributed by atoms with Crippen LogP contribution in [0.15, 0.2) is 0 Å². The highest BCUT2D eigenvalue weighted by molar-refractivity contribution is 4.79. The lowest BCUT2D eigenvalue weighted by Gasteiger charge is -2.25. The lowest BCUT2D eigenvalue weighted by atomic mass is 10.1. The van der Waals surface area contributed by atoms with Crippen LogP contribution in [0.25, 0.3) is 0 Å². The van der Waals surface area contributed by atoms with Gasteiger partial charge >= 0.3 is 0 Å². The number of likely N-dealkylation sites (N-methyl/N-ethyl adjacent to an activating group) is 1. The van der Waals surface area contributed by atoms with Crippen molar-refractivity contribution in [1.29, 1.82) is 0 Å². The number of rotatable bonds is 6. The Morgan fingerprint density at radius 2 is 1.73 bits per heavy atom. The molecule has 2 atom stereocenters. The zero-order chi connectivity index (χ0) is 11.3. The second kappa shape index (κ2) is 6.46. The predicted molar refractivity (Wildman–Crippen MR) is 65.3 cm³/mol. The first-order chi connectivity index (χ1) is 7.16. The predicted octanol–water partition coefficient (Wildman–Crippen LogP) is 2.40. The number of unbranched alkanes of at least 4 members (excludes halogenated alkanes) is 4. The molecule has 0 aromatic heterocycles. The van der Waals surface area contributed by atoms with E-state index in [1.54, 1.807) is 0 Å². The highest BCUT2D eigenvalue weighted by atomic mass is 15.8. The number of hydrogen-bond acceptors (Lipinski definition) is 3. The van der Waals surface area contributed by atoms with Crippen LogP contribution in [0, 0.1) is 0 Å². The van der Waals surface area contributed by atoms with Gasteiger partial charge in [0, 0.05) is 25.7 Å². The van der Waals surface area contributed by atoms with Crippen LogP contribution in [0.1, 0.15) is 52.9 Å². The minimum atomic E-state index is 0.575. The number of hydrogen-bond donors (Lipinski definition) is 1. The topological polar surface area (TPSA) is 18.5 Å². The highest BCUT2D eigenvalue weighted by Gasteiger charge is 2.30. The maximum Gasteiger partial charge on any atom is 0.0392 e. The second-order valence-corrected chi connectivity index (χ2v) is 4.77. The molecule has 0 aromatic carbocycles. The second-order valence-electron chi connectivity index (χ2n) is 4.77. The summed E-state index contributed by atoms with van der Waals surface area (Å²) in [6.07, 6.45) is 6.77. The summed E-state index contributed by atoms with van der Waals surface area (Å²) in [6.45, 7) is 7.93. The molecular weight excluding hydrogens is 186 g/mol. The molecule has 3 nitrogen and oxygen atoms in total. The smallest absolute Gasteiger partial charge is 0.0392 e. The van der Waals surface area contributed by atoms with Crippen LogP contribution < -0.4 is 5.43 Å². The fourth-order valence-corrected chi connectivity index (χ4v) is 2.06. The largest absolute Gasteiger partial charge is 0.237 e. The van der Waals surface area contributed by atoms with E-state index in [2.05, 4.69) is 43.4 Å². The monoisotopic (exact) mass is 213 g/mol. The van der Waals surface area contributed by atoms with Gasteiger partial charge in [0.05, 0.1) is 0 Å². The van der Waals surface area contributed by atoms with E-state index >= 15 is 0 Å². The zero-order valence-corrected chi connectivity index (χ0v) is 10.8. The SMILES string of the molecule is CCCCCCCN1NC(C)C(C)N1C. The normalized spacial score (nSPS) is 28.8. The summed E-state index contributed by atoms with van der Waals surface area (Å²) in [7, 11) is 2.17. The Morgan fingerprint density at radius 3 is 2.27 bits per heavy atom. The summed E-state index contributed by atoms with van der Waals surface area (Å²) in [5, 5.41) is 4.60. The molecule has 90 valence electrons. The third-order valence-corrected chi connectivity index (χ3v) is 3.52. The Labute approximate surface area is 94.8 Å². The standard InChI is InChI=1S/C12H27N3/c1-5-6-7-8-9-10-15-13-11(2)12(3)14(15)4/h11-13H,5-10H2,1-4H3. The van der Waals surface area contributed by atoms with Crippen LogP contribution in [-0.4, -0.2) is 35.8 Å². The Kier molecular flexibility index (Phi) is 5.58. The van der Waals surface area contributed by atoms with Gasteiger partial charge in [0.2, 0.25) is 0 Å². The molecule has 0 saturated carbocycles. The zero-order valence-electron chi connectivity index (χ0n) is 10.8. The summed E-state index contributed by atoms with van der Waals surface area (Å²) in [5.74, 6) is 0. The van der Waals surface area contributed by atoms with E-state index in [4.69, 9.17) is 0 Å². The fourth-order valence-electron chi connectivity index (χ4n) is 2.06. The molecule has 0 aliphatic carbocycles. The Balaban J connectivity index is 2.11. The molecular formula is C12H27N3. The summed E-state index contributed by atoms with van der Waals surface area (Å²) in [5.41, 5.74) is 3.50. The molecule has 15 heavy (non-hydrogen) atoms. The van der Waals surface area contributed by atoms with Crippen LogP contribution in [-0.2, 0) is 0 Å². The van der Waals surface area contributed by atoms with E-state index in [0.29, 0.717) is 12.1 Å². The lowest BCUT2D eigenvalue weighted by Crippen LogP contribution is -2.41. The molecule has 1 fully saturated rings. The van der Waals surface area contributed by atoms with E-state index in [-0.39, 0.29) is 0 Å². The molecule has 1 aliphatic heterocycles. The minimum Gasteiger partial charge on any atom is -0.237 e. The number of hydrazine groups is 2. The number of nitrogens with zero attached hydrogens (tertiary/aromatic N) is 2. The van der Waals surface area contributed by atoms with Crippen molar-refractivity contribution < 1.29 is 0 Å². The first kappa shape index (κ1) is 12.9. The van der Waals surface area contributed by atoms with Crippen molar-refractivity contribution in [2.75, 3.05) is 13.6 Å². The van der Waals surface area contributed by atoms with Crippen LogP contribution in [0.3, 0.4) is 0 Å². The first-order valence-corrected chi connectivity index (χ1v) is 6.43. The molecule has 0 bridgehead atoms. The molecule has 1 N–H and O–H groups in total. The van der Waals surface area contributed by atoms with Gasteiger partial charge in [0.15, 0.2) is 0 Å². The summed E-state index contributed by atoms with van der Waals surface area (Å²) in [6, 6.07) is 1.19. The molecule has 0 radical (unpaired) electrons. The van der Waals surface area contributed by atoms with Crippen molar-refractivity contribution in [3.05, 3.63) is 0 Å². The van der Waals surface area contributed by atoms with E-state index in [1.165, 1.54) is 32.1 Å². The summed E-state index contributed by atoms with van der Waals surface area (Å²) < 4.78 is 0. The quantitative estimate of drug-likeness (QED) is 0.684. The van der Waals surface area contributed by atoms with Gasteiger partial charge < -0.3 is 0 Å². The molecule has 1 aliphatic rings. The van der Waals surface area contributed by atoms with Crippen molar-refractivity contribution in [3.63, 3.8) is 0 Å². The molecule has 1 heterocycles. The van der Waals surface area contributed by atoms with Crippen molar-refractivity contribution in [3.8, 4) is 0 Å². The molecule has 0 spiro atoms. The van der Waals surface area contributed by atoms with Crippen molar-refractivity contribution in [2.24, 2.45) is 0 Å². The van der Waals surface area contributed by atoms with E-state index in [1.807, 2.05) is 0 Å². The molecule has 2 unspecified atom stereocenters. The van der Waals surface area contributed by atoms with Gasteiger partial charge in [-0.25, -0.2) is 10.4 Å². The molecule has 1 rings (SSSR count). The van der Waals surface area contributed by atoms with Crippen molar-refractivity contribution in [1.82, 2.24) is 15.6 Å². The first-order valence-electron chi connectivity index (χ1n) is 6.43. The van der Waals surface area contributed by atoms with E-state index in [9.17, 15) is 0 Å². The van der Waals surface area contributed by atoms with Crippen molar-refractivity contribution >= 4 is 0 Å². The van der Waals surface area contributed by atoms with Gasteiger partial charge in [-0.05, 0) is 20.3 Å². The highest BCUT2D eigenvalue weighted by Crippen LogP contribution is 2.14. The van der Waals surface area contributed by atoms with E-state index < -0.39 is 0 Å². The van der Waals surface area contributed by atoms with Gasteiger partial charge in [0.1, 0.15) is 0 Å². The maximum atomic E-state index is 3.50. The van der Waals surface area contributed by atoms with E-state index in [0.717, 1.165) is 6.54 Å². The summed E-state index contributed by atoms with van der Waals surface area (Å²) in [4.78, 5) is 0. The lowest BCUT2D eigenvalue weighted by molar-refractivity contribution is -0.00729. The average Bonchev–Trinajstić information content (AvgIpc) is 2.46.